The first kappa shape index (κ1) is 46.9. The van der Waals surface area contributed by atoms with Crippen molar-refractivity contribution < 1.29 is 133 Å². The van der Waals surface area contributed by atoms with Crippen molar-refractivity contribution in [1.29, 1.82) is 0 Å². The summed E-state index contributed by atoms with van der Waals surface area (Å²) in [6, 6.07) is 10.6. The first-order valence-corrected chi connectivity index (χ1v) is 12.8. The predicted molar refractivity (Wildman–Crippen MR) is 165 cm³/mol. The van der Waals surface area contributed by atoms with Crippen molar-refractivity contribution in [2.24, 2.45) is 0 Å². The third-order valence-electron chi connectivity index (χ3n) is 5.64. The minimum atomic E-state index is 0. The molecule has 0 aromatic heterocycles. The van der Waals surface area contributed by atoms with Gasteiger partial charge in [-0.25, -0.2) is 0 Å². The minimum absolute atomic E-state index is 0. The molecule has 3 aromatic rings. The maximum atomic E-state index is 10.3. The number of hydrogen-bond donors (Lipinski definition) is 3. The molecule has 0 heterocycles. The number of allylic oxidation sites excluding steroid dienone is 3. The Hall–Kier alpha value is -1.47. The van der Waals surface area contributed by atoms with Crippen LogP contribution in [0, 0.1) is 27.7 Å². The second kappa shape index (κ2) is 23.8. The molecular weight excluding hydrogens is 787 g/mol. The van der Waals surface area contributed by atoms with Gasteiger partial charge < -0.3 is 29.6 Å². The molecule has 3 radical (unpaired) electrons. The molecule has 7 nitrogen and oxygen atoms in total. The van der Waals surface area contributed by atoms with Crippen LogP contribution in [0.4, 0.5) is 0 Å². The van der Waals surface area contributed by atoms with Gasteiger partial charge in [-0.15, -0.1) is 0 Å². The summed E-state index contributed by atoms with van der Waals surface area (Å²) in [6.07, 6.45) is 8.35. The molecule has 3 N–H and O–H groups in total. The number of carbonyl (C=O) groups excluding carboxylic acids is 2. The smallest absolute Gasteiger partial charge is 0.161 e. The molecule has 10 heteroatoms. The molecule has 3 aromatic carbocycles. The molecule has 44 heavy (non-hydrogen) atoms. The maximum Gasteiger partial charge on any atom is 0.161 e. The van der Waals surface area contributed by atoms with Crippen LogP contribution >= 0.6 is 0 Å². The van der Waals surface area contributed by atoms with Gasteiger partial charge in [0.25, 0.3) is 0 Å². The number of aromatic hydroxyl groups is 3. The summed E-state index contributed by atoms with van der Waals surface area (Å²) in [5.41, 5.74) is 6.22. The molecule has 0 fully saturated rings. The summed E-state index contributed by atoms with van der Waals surface area (Å²) in [7, 11) is 3.05. The van der Waals surface area contributed by atoms with Gasteiger partial charge in [-0.3, -0.25) is 4.79 Å². The van der Waals surface area contributed by atoms with Crippen molar-refractivity contribution in [2.45, 2.75) is 41.5 Å². The van der Waals surface area contributed by atoms with Crippen LogP contribution in [0.15, 0.2) is 60.7 Å². The van der Waals surface area contributed by atoms with Crippen LogP contribution in [-0.4, -0.2) is 41.6 Å². The number of aldehydes is 1. The largest absolute Gasteiger partial charge is 0.507 e. The van der Waals surface area contributed by atoms with E-state index in [0.717, 1.165) is 45.2 Å². The number of hydrogen-bond acceptors (Lipinski definition) is 7. The Morgan fingerprint density at radius 2 is 0.932 bits per heavy atom. The third-order valence-corrected chi connectivity index (χ3v) is 5.64. The van der Waals surface area contributed by atoms with E-state index in [9.17, 15) is 24.9 Å². The van der Waals surface area contributed by atoms with Crippen molar-refractivity contribution in [1.82, 2.24) is 0 Å². The zero-order valence-corrected chi connectivity index (χ0v) is 35.3. The minimum Gasteiger partial charge on any atom is -0.507 e. The van der Waals surface area contributed by atoms with E-state index >= 15 is 0 Å². The van der Waals surface area contributed by atoms with Gasteiger partial charge in [0.1, 0.15) is 17.8 Å². The molecule has 0 spiro atoms. The van der Waals surface area contributed by atoms with Crippen LogP contribution in [0.3, 0.4) is 0 Å². The zero-order valence-electron chi connectivity index (χ0n) is 26.8. The van der Waals surface area contributed by atoms with Gasteiger partial charge in [0.05, 0.1) is 14.2 Å². The van der Waals surface area contributed by atoms with Crippen LogP contribution in [0.1, 0.15) is 57.6 Å². The fourth-order valence-corrected chi connectivity index (χ4v) is 3.57. The number of rotatable bonds is 7. The van der Waals surface area contributed by atoms with Crippen molar-refractivity contribution >= 4 is 24.2 Å². The second-order valence-electron chi connectivity index (χ2n) is 9.55. The van der Waals surface area contributed by atoms with Crippen LogP contribution in [0.25, 0.3) is 12.2 Å². The van der Waals surface area contributed by atoms with Gasteiger partial charge >= 0.3 is 0 Å². The number of benzene rings is 3. The van der Waals surface area contributed by atoms with E-state index in [1.54, 1.807) is 38.1 Å². The standard InChI is InChI=1S/C22H24O4.C9H10O2.C3H6O.3Y/c1-14(6-8-17-10-15(2)21(23)19(12-17)25-4)7-9-18-11-16(3)22(24)20(13-18)26-5;1-6-3-8(5-10)4-7(2)9(6)11;1-3(2)4;;;/h6-13,23-24H,1H2,2-5H3;3-5,11H,1-2H3;1-2H3;;;/b8-6+,9-7+;;;;;. The van der Waals surface area contributed by atoms with Crippen molar-refractivity contribution in [2.75, 3.05) is 14.2 Å². The van der Waals surface area contributed by atoms with E-state index in [2.05, 4.69) is 6.58 Å². The number of Topliss-reactive ketones (excluding diaryl/α,β-unsaturated/α-hetero) is 1. The Morgan fingerprint density at radius 3 is 1.23 bits per heavy atom. The van der Waals surface area contributed by atoms with Gasteiger partial charge in [0, 0.05) is 104 Å². The summed E-state index contributed by atoms with van der Waals surface area (Å²) in [4.78, 5) is 19.8. The van der Waals surface area contributed by atoms with E-state index in [1.165, 1.54) is 28.1 Å². The Morgan fingerprint density at radius 1 is 0.636 bits per heavy atom. The molecule has 3 rings (SSSR count). The Bertz CT molecular complexity index is 1360. The van der Waals surface area contributed by atoms with Crippen LogP contribution < -0.4 is 9.47 Å². The number of methoxy groups -OCH3 is 2. The van der Waals surface area contributed by atoms with Gasteiger partial charge in [-0.1, -0.05) is 30.9 Å². The molecule has 0 atom stereocenters. The Labute approximate surface area is 336 Å². The number of ether oxygens (including phenoxy) is 2. The quantitative estimate of drug-likeness (QED) is 0.168. The molecule has 0 aliphatic heterocycles. The number of aryl methyl sites for hydroxylation is 4. The molecule has 0 bridgehead atoms. The zero-order chi connectivity index (χ0) is 31.3. The third kappa shape index (κ3) is 16.2. The fraction of sp³-hybridized carbons (Fsp3) is 0.235. The number of phenolic OH excluding ortho intramolecular Hbond substituents is 3. The molecular formula is C34H40O7Y3. The van der Waals surface area contributed by atoms with Crippen LogP contribution in [-0.2, 0) is 103 Å². The van der Waals surface area contributed by atoms with E-state index < -0.39 is 0 Å². The van der Waals surface area contributed by atoms with Gasteiger partial charge in [-0.05, 0) is 117 Å². The molecule has 0 aliphatic rings. The number of carbonyl (C=O) groups is 2. The first-order valence-electron chi connectivity index (χ1n) is 12.8. The molecule has 227 valence electrons. The average Bonchev–Trinajstić information content (AvgIpc) is 2.92. The van der Waals surface area contributed by atoms with E-state index in [1.807, 2.05) is 50.3 Å². The summed E-state index contributed by atoms with van der Waals surface area (Å²) < 4.78 is 10.3. The Balaban J connectivity index is -0.000000782. The van der Waals surface area contributed by atoms with Gasteiger partial charge in [0.2, 0.25) is 0 Å². The van der Waals surface area contributed by atoms with Gasteiger partial charge in [-0.2, -0.15) is 0 Å². The maximum absolute atomic E-state index is 10.3. The van der Waals surface area contributed by atoms with Crippen molar-refractivity contribution in [3.05, 3.63) is 99.6 Å². The van der Waals surface area contributed by atoms with Crippen LogP contribution in [0.5, 0.6) is 28.7 Å². The van der Waals surface area contributed by atoms with Crippen molar-refractivity contribution in [3.8, 4) is 28.7 Å². The van der Waals surface area contributed by atoms with E-state index in [0.29, 0.717) is 17.1 Å². The Kier molecular flexibility index (Phi) is 25.4. The van der Waals surface area contributed by atoms with E-state index in [-0.39, 0.29) is 121 Å². The number of phenols is 3. The van der Waals surface area contributed by atoms with E-state index in [4.69, 9.17) is 9.47 Å². The first-order chi connectivity index (χ1) is 19.2. The SMILES string of the molecule is C=C(/C=C/c1cc(C)c(O)c(OC)c1)/C=C/c1cc(C)c(O)c(OC)c1.CC(C)=O.Cc1cc(C=O)cc(C)c1O.[Y].[Y].[Y]. The summed E-state index contributed by atoms with van der Waals surface area (Å²) >= 11 is 0. The second-order valence-corrected chi connectivity index (χ2v) is 9.55. The molecule has 0 amide bonds. The monoisotopic (exact) mass is 827 g/mol. The van der Waals surface area contributed by atoms with Gasteiger partial charge in [0.15, 0.2) is 23.0 Å². The average molecular weight is 827 g/mol. The predicted octanol–water partition coefficient (Wildman–Crippen LogP) is 7.42. The summed E-state index contributed by atoms with van der Waals surface area (Å²) in [5, 5.41) is 29.1. The molecule has 0 saturated heterocycles. The molecule has 0 aliphatic carbocycles. The molecule has 0 unspecified atom stereocenters. The fourth-order valence-electron chi connectivity index (χ4n) is 3.57. The van der Waals surface area contributed by atoms with Crippen molar-refractivity contribution in [3.63, 3.8) is 0 Å². The molecule has 0 saturated carbocycles. The topological polar surface area (TPSA) is 113 Å². The summed E-state index contributed by atoms with van der Waals surface area (Å²) in [5.74, 6) is 1.63. The summed E-state index contributed by atoms with van der Waals surface area (Å²) in [6.45, 7) is 14.3. The van der Waals surface area contributed by atoms with Crippen LogP contribution in [0.2, 0.25) is 0 Å². The number of ketones is 1. The normalized spacial score (nSPS) is 9.64.